The Morgan fingerprint density at radius 1 is 0.529 bits per heavy atom. The van der Waals surface area contributed by atoms with Crippen molar-refractivity contribution in [3.63, 3.8) is 0 Å². The number of aliphatic hydroxyl groups is 15. The standard InChI is InChI=1S/C59H96O26/c1-23-32(61)37(66)46(48(74)77-23)83-52-42(71)36(65)41(70)51(85-52)81-31-13-14-56(7)29(55(31,5)6)12-15-58(9)30(56)11-10-25-26-20-54(3,4)16-18-59(26,19-17-57(25,58)8)53(75)84-45-34(63)27(21-60)79-49(43(45)72)76-22-28-33(62)35(64)40(69)50(80-28)82-44-24(2)78-47(73)39(68)38(44)67/h10,23-24,26-52,60-74H,11-22H2,1-9H3/t23-,24+,26-,27-,28-,29+,30+,31+,32-,33+,34-,35-,36-,37+,38+,39-,40-,41+,42+,43-,44-,45+,46+,47-,48+,49+,50-,51-,52+,56+,57-,58-,59+/m1/s1. The summed E-state index contributed by atoms with van der Waals surface area (Å²) in [7, 11) is 0. The normalized spacial score (nSPS) is 55.0. The van der Waals surface area contributed by atoms with Crippen LogP contribution in [0.4, 0.5) is 0 Å². The first-order chi connectivity index (χ1) is 39.7. The van der Waals surface area contributed by atoms with Crippen molar-refractivity contribution in [1.82, 2.24) is 0 Å². The fraction of sp³-hybridized carbons (Fsp3) is 0.949. The third-order valence-corrected chi connectivity index (χ3v) is 23.1. The monoisotopic (exact) mass is 1220 g/mol. The number of hydrogen-bond acceptors (Lipinski definition) is 26. The second-order valence-corrected chi connectivity index (χ2v) is 28.8. The molecule has 0 aromatic heterocycles. The summed E-state index contributed by atoms with van der Waals surface area (Å²) >= 11 is 0. The Balaban J connectivity index is 0.837. The van der Waals surface area contributed by atoms with E-state index < -0.39 is 190 Å². The van der Waals surface area contributed by atoms with E-state index >= 15 is 4.79 Å². The van der Waals surface area contributed by atoms with Gasteiger partial charge in [0, 0.05) is 0 Å². The van der Waals surface area contributed by atoms with Crippen molar-refractivity contribution < 1.29 is 129 Å². The molecule has 85 heavy (non-hydrogen) atoms. The minimum atomic E-state index is -1.90. The zero-order valence-corrected chi connectivity index (χ0v) is 50.0. The van der Waals surface area contributed by atoms with Gasteiger partial charge in [-0.15, -0.1) is 0 Å². The van der Waals surface area contributed by atoms with Crippen LogP contribution in [0.2, 0.25) is 0 Å². The Bertz CT molecular complexity index is 2380. The number of fused-ring (bicyclic) bond motifs is 7. The molecule has 0 amide bonds. The van der Waals surface area contributed by atoms with E-state index in [0.29, 0.717) is 38.5 Å². The highest BCUT2D eigenvalue weighted by Crippen LogP contribution is 2.76. The Hall–Kier alpha value is -1.75. The predicted octanol–water partition coefficient (Wildman–Crippen LogP) is -2.20. The highest BCUT2D eigenvalue weighted by atomic mass is 16.8. The van der Waals surface area contributed by atoms with Gasteiger partial charge in [0.2, 0.25) is 0 Å². The highest BCUT2D eigenvalue weighted by molar-refractivity contribution is 5.79. The second kappa shape index (κ2) is 24.1. The van der Waals surface area contributed by atoms with E-state index in [1.54, 1.807) is 0 Å². The van der Waals surface area contributed by atoms with E-state index in [9.17, 15) is 76.6 Å². The average Bonchev–Trinajstić information content (AvgIpc) is 0.707. The molecular weight excluding hydrogens is 1120 g/mol. The van der Waals surface area contributed by atoms with Gasteiger partial charge >= 0.3 is 5.97 Å². The fourth-order valence-electron chi connectivity index (χ4n) is 17.6. The summed E-state index contributed by atoms with van der Waals surface area (Å²) in [6.45, 7) is 17.2. The summed E-state index contributed by atoms with van der Waals surface area (Å²) in [5.74, 6) is -0.607. The Kier molecular flexibility index (Phi) is 18.7. The number of esters is 1. The number of ether oxygens (including phenoxy) is 10. The second-order valence-electron chi connectivity index (χ2n) is 28.8. The number of hydrogen-bond donors (Lipinski definition) is 15. The van der Waals surface area contributed by atoms with Crippen molar-refractivity contribution in [3.05, 3.63) is 11.6 Å². The summed E-state index contributed by atoms with van der Waals surface area (Å²) in [6, 6.07) is 0. The van der Waals surface area contributed by atoms with Gasteiger partial charge in [-0.2, -0.15) is 0 Å². The van der Waals surface area contributed by atoms with E-state index in [2.05, 4.69) is 54.5 Å². The molecule has 0 aromatic carbocycles. The SMILES string of the molecule is C[C@@H]1O[C@@H](O)[C@H](O)[C@H](O)[C@@H]1O[C@H]1O[C@H](CO[C@H]2O[C@H](CO)[C@@H](O)[C@H](OC(=O)[C@]34CCC(C)(C)C[C@@H]3C3=CC[C@H]5[C@@]6(C)CC[C@H](O[C@@H]7O[C@H](O[C@H]8[C@@H](O)[C@H](O)[C@@H](C)O[C@@H]8O)[C@@H](O)[C@H](O)[C@@H]7O)C(C)(C)[C@@H]6CC[C@@]5(C)[C@]3(C)CC4)[C@H]2O)[C@H](O)[C@@H](O)[C@H]1O. The van der Waals surface area contributed by atoms with E-state index in [4.69, 9.17) is 47.4 Å². The number of rotatable bonds is 12. The lowest BCUT2D eigenvalue weighted by atomic mass is 9.33. The molecule has 5 aliphatic heterocycles. The lowest BCUT2D eigenvalue weighted by Gasteiger charge is -2.71. The summed E-state index contributed by atoms with van der Waals surface area (Å²) in [5, 5.41) is 163. The van der Waals surface area contributed by atoms with Gasteiger partial charge < -0.3 is 124 Å². The van der Waals surface area contributed by atoms with Gasteiger partial charge in [-0.05, 0) is 123 Å². The van der Waals surface area contributed by atoms with Crippen molar-refractivity contribution in [3.8, 4) is 0 Å². The molecule has 0 bridgehead atoms. The molecule has 10 rings (SSSR count). The number of carbonyl (C=O) groups is 1. The molecule has 488 valence electrons. The molecule has 33 atom stereocenters. The van der Waals surface area contributed by atoms with Crippen LogP contribution in [0.3, 0.4) is 0 Å². The smallest absolute Gasteiger partial charge is 0.313 e. The average molecular weight is 1220 g/mol. The van der Waals surface area contributed by atoms with Crippen LogP contribution < -0.4 is 0 Å². The third kappa shape index (κ3) is 11.1. The summed E-state index contributed by atoms with van der Waals surface area (Å²) in [6.07, 6.45) is -32.1. The first kappa shape index (κ1) is 66.2. The maximum Gasteiger partial charge on any atom is 0.313 e. The number of aliphatic hydroxyl groups excluding tert-OH is 15. The van der Waals surface area contributed by atoms with Crippen LogP contribution in [-0.4, -0.2) is 256 Å². The van der Waals surface area contributed by atoms with Gasteiger partial charge in [0.25, 0.3) is 0 Å². The first-order valence-corrected chi connectivity index (χ1v) is 30.6. The van der Waals surface area contributed by atoms with E-state index in [0.717, 1.165) is 25.7 Å². The van der Waals surface area contributed by atoms with Crippen molar-refractivity contribution in [2.75, 3.05) is 13.2 Å². The van der Waals surface area contributed by atoms with Crippen molar-refractivity contribution in [2.45, 2.75) is 286 Å². The Morgan fingerprint density at radius 2 is 1.12 bits per heavy atom. The number of allylic oxidation sites excluding steroid dienone is 2. The van der Waals surface area contributed by atoms with Crippen LogP contribution in [0.1, 0.15) is 127 Å². The molecule has 15 N–H and O–H groups in total. The predicted molar refractivity (Wildman–Crippen MR) is 288 cm³/mol. The Labute approximate surface area is 494 Å². The molecular formula is C59H96O26. The zero-order valence-electron chi connectivity index (χ0n) is 50.0. The van der Waals surface area contributed by atoms with Crippen LogP contribution in [0, 0.1) is 50.2 Å². The van der Waals surface area contributed by atoms with Crippen molar-refractivity contribution in [2.24, 2.45) is 50.2 Å². The molecule has 5 aliphatic carbocycles. The first-order valence-electron chi connectivity index (χ1n) is 30.6. The van der Waals surface area contributed by atoms with Crippen LogP contribution in [0.5, 0.6) is 0 Å². The molecule has 26 nitrogen and oxygen atoms in total. The summed E-state index contributed by atoms with van der Waals surface area (Å²) in [5.41, 5.74) is -1.42. The van der Waals surface area contributed by atoms with Crippen molar-refractivity contribution >= 4 is 5.97 Å². The molecule has 0 unspecified atom stereocenters. The molecule has 5 saturated heterocycles. The Morgan fingerprint density at radius 3 is 1.79 bits per heavy atom. The van der Waals surface area contributed by atoms with E-state index in [-0.39, 0.29) is 39.4 Å². The maximum atomic E-state index is 15.4. The van der Waals surface area contributed by atoms with Crippen LogP contribution >= 0.6 is 0 Å². The highest BCUT2D eigenvalue weighted by Gasteiger charge is 2.70. The fourth-order valence-corrected chi connectivity index (χ4v) is 17.6. The van der Waals surface area contributed by atoms with Crippen LogP contribution in [0.25, 0.3) is 0 Å². The van der Waals surface area contributed by atoms with E-state index in [1.165, 1.54) is 19.4 Å². The lowest BCUT2D eigenvalue weighted by molar-refractivity contribution is -0.395. The van der Waals surface area contributed by atoms with Gasteiger partial charge in [-0.25, -0.2) is 0 Å². The van der Waals surface area contributed by atoms with Crippen LogP contribution in [0.15, 0.2) is 11.6 Å². The van der Waals surface area contributed by atoms with Gasteiger partial charge in [-0.1, -0.05) is 60.1 Å². The minimum absolute atomic E-state index is 0.102. The topological polar surface area (TPSA) is 413 Å². The van der Waals surface area contributed by atoms with Gasteiger partial charge in [-0.3, -0.25) is 4.79 Å². The molecule has 0 aromatic rings. The molecule has 9 fully saturated rings. The van der Waals surface area contributed by atoms with Crippen molar-refractivity contribution in [1.29, 1.82) is 0 Å². The number of carbonyl (C=O) groups excluding carboxylic acids is 1. The maximum absolute atomic E-state index is 15.4. The lowest BCUT2D eigenvalue weighted by Crippen LogP contribution is -2.66. The minimum Gasteiger partial charge on any atom is -0.456 e. The molecule has 10 aliphatic rings. The van der Waals surface area contributed by atoms with Gasteiger partial charge in [0.05, 0.1) is 36.9 Å². The molecule has 0 radical (unpaired) electrons. The zero-order chi connectivity index (χ0) is 62.2. The summed E-state index contributed by atoms with van der Waals surface area (Å²) < 4.78 is 58.5. The third-order valence-electron chi connectivity index (χ3n) is 23.1. The van der Waals surface area contributed by atoms with Gasteiger partial charge in [0.15, 0.2) is 43.8 Å². The molecule has 4 saturated carbocycles. The molecule has 5 heterocycles. The van der Waals surface area contributed by atoms with Gasteiger partial charge in [0.1, 0.15) is 97.7 Å². The quantitative estimate of drug-likeness (QED) is 0.0560. The van der Waals surface area contributed by atoms with Crippen LogP contribution in [-0.2, 0) is 52.2 Å². The van der Waals surface area contributed by atoms with E-state index in [1.807, 2.05) is 0 Å². The largest absolute Gasteiger partial charge is 0.456 e. The molecule has 26 heteroatoms. The summed E-state index contributed by atoms with van der Waals surface area (Å²) in [4.78, 5) is 15.4. The molecule has 0 spiro atoms.